The maximum atomic E-state index is 12.3. The zero-order valence-corrected chi connectivity index (χ0v) is 15.5. The lowest BCUT2D eigenvalue weighted by atomic mass is 9.97. The average Bonchev–Trinajstić information content (AvgIpc) is 2.60. The van der Waals surface area contributed by atoms with Crippen molar-refractivity contribution in [1.82, 2.24) is 4.90 Å². The summed E-state index contributed by atoms with van der Waals surface area (Å²) in [5, 5.41) is 0. The Balaban J connectivity index is 1.94. The van der Waals surface area contributed by atoms with Gasteiger partial charge in [-0.3, -0.25) is 9.59 Å². The van der Waals surface area contributed by atoms with Crippen LogP contribution in [0.2, 0.25) is 0 Å². The first-order chi connectivity index (χ1) is 11.5. The third-order valence-corrected chi connectivity index (χ3v) is 4.52. The van der Waals surface area contributed by atoms with E-state index in [1.807, 2.05) is 18.2 Å². The molecule has 1 saturated heterocycles. The summed E-state index contributed by atoms with van der Waals surface area (Å²) in [7, 11) is 1.60. The number of carbonyl (C=O) groups is 2. The molecular weight excluding hydrogens is 374 g/mol. The molecule has 0 radical (unpaired) electrons. The Morgan fingerprint density at radius 2 is 2.04 bits per heavy atom. The molecule has 0 aromatic heterocycles. The summed E-state index contributed by atoms with van der Waals surface area (Å²) in [6, 6.07) is 5.63. The van der Waals surface area contributed by atoms with Gasteiger partial charge in [-0.25, -0.2) is 0 Å². The number of carbonyl (C=O) groups excluding carboxylic acids is 2. The molecule has 6 heteroatoms. The first-order valence-electron chi connectivity index (χ1n) is 8.02. The van der Waals surface area contributed by atoms with E-state index >= 15 is 0 Å². The molecule has 24 heavy (non-hydrogen) atoms. The summed E-state index contributed by atoms with van der Waals surface area (Å²) in [6.45, 7) is 3.34. The smallest absolute Gasteiger partial charge is 0.309 e. The van der Waals surface area contributed by atoms with Gasteiger partial charge >= 0.3 is 5.97 Å². The van der Waals surface area contributed by atoms with Gasteiger partial charge in [0.15, 0.2) is 0 Å². The van der Waals surface area contributed by atoms with Crippen molar-refractivity contribution in [1.29, 1.82) is 0 Å². The highest BCUT2D eigenvalue weighted by Crippen LogP contribution is 2.24. The number of methoxy groups -OCH3 is 1. The number of halogens is 1. The number of piperidine rings is 1. The van der Waals surface area contributed by atoms with Gasteiger partial charge in [-0.1, -0.05) is 15.9 Å². The standard InChI is InChI=1S/C18H22BrNO4/c1-3-24-18(22)13-8-10-20(11-9-13)17(21)7-4-14-12-15(19)5-6-16(14)23-2/h4-7,12-13H,3,8-11H2,1-2H3/b7-4+. The first-order valence-corrected chi connectivity index (χ1v) is 8.81. The van der Waals surface area contributed by atoms with Crippen molar-refractivity contribution in [2.24, 2.45) is 5.92 Å². The SMILES string of the molecule is CCOC(=O)C1CCN(C(=O)/C=C/c2cc(Br)ccc2OC)CC1. The molecule has 5 nitrogen and oxygen atoms in total. The molecular formula is C18H22BrNO4. The molecule has 1 amide bonds. The molecule has 0 aliphatic carbocycles. The average molecular weight is 396 g/mol. The number of hydrogen-bond acceptors (Lipinski definition) is 4. The molecule has 0 saturated carbocycles. The van der Waals surface area contributed by atoms with Gasteiger partial charge in [-0.05, 0) is 44.0 Å². The number of nitrogens with zero attached hydrogens (tertiary/aromatic N) is 1. The Labute approximate surface area is 150 Å². The second-order valence-corrected chi connectivity index (χ2v) is 6.49. The van der Waals surface area contributed by atoms with E-state index in [2.05, 4.69) is 15.9 Å². The molecule has 1 heterocycles. The van der Waals surface area contributed by atoms with Crippen molar-refractivity contribution in [3.05, 3.63) is 34.3 Å². The number of rotatable bonds is 5. The molecule has 1 fully saturated rings. The highest BCUT2D eigenvalue weighted by Gasteiger charge is 2.27. The van der Waals surface area contributed by atoms with Crippen LogP contribution in [0.15, 0.2) is 28.7 Å². The third kappa shape index (κ3) is 4.84. The van der Waals surface area contributed by atoms with Gasteiger partial charge in [0, 0.05) is 29.2 Å². The summed E-state index contributed by atoms with van der Waals surface area (Å²) in [5.74, 6) is 0.407. The fourth-order valence-corrected chi connectivity index (χ4v) is 3.08. The lowest BCUT2D eigenvalue weighted by molar-refractivity contribution is -0.150. The van der Waals surface area contributed by atoms with E-state index in [4.69, 9.17) is 9.47 Å². The van der Waals surface area contributed by atoms with E-state index in [9.17, 15) is 9.59 Å². The van der Waals surface area contributed by atoms with Gasteiger partial charge in [0.2, 0.25) is 5.91 Å². The Hall–Kier alpha value is -1.82. The molecule has 1 aliphatic heterocycles. The lowest BCUT2D eigenvalue weighted by Gasteiger charge is -2.30. The Bertz CT molecular complexity index is 621. The van der Waals surface area contributed by atoms with Gasteiger partial charge in [0.05, 0.1) is 19.6 Å². The number of esters is 1. The minimum Gasteiger partial charge on any atom is -0.496 e. The van der Waals surface area contributed by atoms with Gasteiger partial charge in [-0.2, -0.15) is 0 Å². The molecule has 1 aliphatic rings. The van der Waals surface area contributed by atoms with Crippen molar-refractivity contribution < 1.29 is 19.1 Å². The van der Waals surface area contributed by atoms with Crippen molar-refractivity contribution in [3.8, 4) is 5.75 Å². The summed E-state index contributed by atoms with van der Waals surface area (Å²) in [5.41, 5.74) is 0.835. The van der Waals surface area contributed by atoms with Gasteiger partial charge in [-0.15, -0.1) is 0 Å². The summed E-state index contributed by atoms with van der Waals surface area (Å²) in [4.78, 5) is 25.8. The minimum absolute atomic E-state index is 0.0562. The maximum absolute atomic E-state index is 12.3. The molecule has 0 unspecified atom stereocenters. The zero-order chi connectivity index (χ0) is 17.5. The van der Waals surface area contributed by atoms with Crippen LogP contribution in [0, 0.1) is 5.92 Å². The topological polar surface area (TPSA) is 55.8 Å². The largest absolute Gasteiger partial charge is 0.496 e. The fourth-order valence-electron chi connectivity index (χ4n) is 2.70. The minimum atomic E-state index is -0.154. The Morgan fingerprint density at radius 1 is 1.33 bits per heavy atom. The summed E-state index contributed by atoms with van der Waals surface area (Å²) >= 11 is 3.41. The highest BCUT2D eigenvalue weighted by molar-refractivity contribution is 9.10. The van der Waals surface area contributed by atoms with E-state index in [1.54, 1.807) is 31.1 Å². The second-order valence-electron chi connectivity index (χ2n) is 5.57. The fraction of sp³-hybridized carbons (Fsp3) is 0.444. The van der Waals surface area contributed by atoms with Crippen LogP contribution in [-0.4, -0.2) is 43.6 Å². The Kier molecular flexibility index (Phi) is 6.85. The van der Waals surface area contributed by atoms with Crippen molar-refractivity contribution in [2.75, 3.05) is 26.8 Å². The number of ether oxygens (including phenoxy) is 2. The van der Waals surface area contributed by atoms with Crippen LogP contribution in [0.3, 0.4) is 0 Å². The number of amides is 1. The monoisotopic (exact) mass is 395 g/mol. The van der Waals surface area contributed by atoms with Crippen LogP contribution in [0.4, 0.5) is 0 Å². The van der Waals surface area contributed by atoms with E-state index in [0.717, 1.165) is 10.0 Å². The van der Waals surface area contributed by atoms with Crippen molar-refractivity contribution in [3.63, 3.8) is 0 Å². The molecule has 1 aromatic rings. The van der Waals surface area contributed by atoms with Gasteiger partial charge in [0.25, 0.3) is 0 Å². The Morgan fingerprint density at radius 3 is 2.67 bits per heavy atom. The van der Waals surface area contributed by atoms with Crippen LogP contribution >= 0.6 is 15.9 Å². The maximum Gasteiger partial charge on any atom is 0.309 e. The molecule has 0 bridgehead atoms. The number of benzene rings is 1. The van der Waals surface area contributed by atoms with Crippen LogP contribution < -0.4 is 4.74 Å². The van der Waals surface area contributed by atoms with Crippen LogP contribution in [0.1, 0.15) is 25.3 Å². The first kappa shape index (κ1) is 18.5. The number of likely N-dealkylation sites (tertiary alicyclic amines) is 1. The van der Waals surface area contributed by atoms with Gasteiger partial charge in [0.1, 0.15) is 5.75 Å². The van der Waals surface area contributed by atoms with E-state index < -0.39 is 0 Å². The summed E-state index contributed by atoms with van der Waals surface area (Å²) in [6.07, 6.45) is 4.61. The molecule has 2 rings (SSSR count). The van der Waals surface area contributed by atoms with E-state index in [-0.39, 0.29) is 17.8 Å². The molecule has 0 spiro atoms. The third-order valence-electron chi connectivity index (χ3n) is 4.02. The van der Waals surface area contributed by atoms with Crippen LogP contribution in [0.5, 0.6) is 5.75 Å². The van der Waals surface area contributed by atoms with Crippen molar-refractivity contribution in [2.45, 2.75) is 19.8 Å². The predicted octanol–water partition coefficient (Wildman–Crippen LogP) is 3.27. The number of hydrogen-bond donors (Lipinski definition) is 0. The molecule has 1 aromatic carbocycles. The van der Waals surface area contributed by atoms with E-state index in [1.165, 1.54) is 0 Å². The predicted molar refractivity (Wildman–Crippen MR) is 95.7 cm³/mol. The van der Waals surface area contributed by atoms with E-state index in [0.29, 0.717) is 38.3 Å². The molecule has 0 N–H and O–H groups in total. The summed E-state index contributed by atoms with van der Waals surface area (Å²) < 4.78 is 11.3. The van der Waals surface area contributed by atoms with Crippen molar-refractivity contribution >= 4 is 33.9 Å². The highest BCUT2D eigenvalue weighted by atomic mass is 79.9. The van der Waals surface area contributed by atoms with Crippen LogP contribution in [0.25, 0.3) is 6.08 Å². The molecule has 0 atom stereocenters. The second kappa shape index (κ2) is 8.87. The van der Waals surface area contributed by atoms with Gasteiger partial charge < -0.3 is 14.4 Å². The lowest BCUT2D eigenvalue weighted by Crippen LogP contribution is -2.39. The normalized spacial score (nSPS) is 15.5. The zero-order valence-electron chi connectivity index (χ0n) is 14.0. The molecule has 130 valence electrons. The van der Waals surface area contributed by atoms with Crippen LogP contribution in [-0.2, 0) is 14.3 Å². The quantitative estimate of drug-likeness (QED) is 0.566.